The minimum absolute atomic E-state index is 0.0155. The number of halogens is 2. The van der Waals surface area contributed by atoms with Crippen LogP contribution in [0.15, 0.2) is 36.1 Å². The van der Waals surface area contributed by atoms with Crippen molar-refractivity contribution in [3.63, 3.8) is 0 Å². The smallest absolute Gasteiger partial charge is 0.333 e. The normalized spacial score (nSPS) is 10.4. The van der Waals surface area contributed by atoms with Gasteiger partial charge in [-0.25, -0.2) is 15.0 Å². The molecule has 0 spiro atoms. The third-order valence-electron chi connectivity index (χ3n) is 2.87. The summed E-state index contributed by atoms with van der Waals surface area (Å²) in [6.45, 7) is 0. The first-order valence-electron chi connectivity index (χ1n) is 6.43. The number of nitrogens with zero attached hydrogens (tertiary/aromatic N) is 4. The molecular weight excluding hydrogens is 375 g/mol. The van der Waals surface area contributed by atoms with Crippen LogP contribution in [-0.2, 0) is 0 Å². The fourth-order valence-electron chi connectivity index (χ4n) is 1.85. The van der Waals surface area contributed by atoms with Crippen molar-refractivity contribution in [2.24, 2.45) is 0 Å². The van der Waals surface area contributed by atoms with E-state index in [1.165, 1.54) is 17.7 Å². The minimum atomic E-state index is -0.587. The van der Waals surface area contributed by atoms with Gasteiger partial charge in [0.2, 0.25) is 11.6 Å². The average Bonchev–Trinajstić information content (AvgIpc) is 3.05. The quantitative estimate of drug-likeness (QED) is 0.488. The molecule has 0 atom stereocenters. The lowest BCUT2D eigenvalue weighted by atomic mass is 10.3. The summed E-state index contributed by atoms with van der Waals surface area (Å²) in [4.78, 5) is 22.8. The predicted molar refractivity (Wildman–Crippen MR) is 93.8 cm³/mol. The second-order valence-corrected chi connectivity index (χ2v) is 6.04. The zero-order chi connectivity index (χ0) is 17.1. The van der Waals surface area contributed by atoms with Gasteiger partial charge in [0.1, 0.15) is 6.33 Å². The lowest BCUT2D eigenvalue weighted by Gasteiger charge is -2.10. The topological polar surface area (TPSA) is 106 Å². The van der Waals surface area contributed by atoms with Gasteiger partial charge in [0.05, 0.1) is 20.7 Å². The molecule has 0 saturated carbocycles. The molecule has 0 bridgehead atoms. The molecule has 11 heteroatoms. The van der Waals surface area contributed by atoms with Crippen LogP contribution in [0, 0.1) is 10.1 Å². The predicted octanol–water partition coefficient (Wildman–Crippen LogP) is 4.64. The monoisotopic (exact) mass is 382 g/mol. The highest BCUT2D eigenvalue weighted by molar-refractivity contribution is 7.13. The largest absolute Gasteiger partial charge is 0.353 e. The first-order chi connectivity index (χ1) is 11.6. The molecule has 0 aliphatic carbocycles. The van der Waals surface area contributed by atoms with Crippen LogP contribution in [0.2, 0.25) is 10.0 Å². The van der Waals surface area contributed by atoms with E-state index in [-0.39, 0.29) is 22.3 Å². The number of hydrogen-bond donors (Lipinski definition) is 2. The molecule has 0 radical (unpaired) electrons. The van der Waals surface area contributed by atoms with Crippen molar-refractivity contribution in [3.05, 3.63) is 56.3 Å². The van der Waals surface area contributed by atoms with Gasteiger partial charge in [0.25, 0.3) is 0 Å². The summed E-state index contributed by atoms with van der Waals surface area (Å²) in [6.07, 6.45) is 2.77. The second-order valence-electron chi connectivity index (χ2n) is 4.37. The van der Waals surface area contributed by atoms with E-state index in [2.05, 4.69) is 25.6 Å². The number of nitrogens with one attached hydrogen (secondary N) is 2. The van der Waals surface area contributed by atoms with Crippen molar-refractivity contribution in [1.82, 2.24) is 15.0 Å². The summed E-state index contributed by atoms with van der Waals surface area (Å²) in [5.41, 5.74) is 0.0647. The maximum atomic E-state index is 11.5. The maximum Gasteiger partial charge on any atom is 0.353 e. The summed E-state index contributed by atoms with van der Waals surface area (Å²) in [7, 11) is 0. The number of aromatic nitrogens is 3. The third-order valence-corrected chi connectivity index (χ3v) is 4.37. The van der Waals surface area contributed by atoms with Gasteiger partial charge in [-0.3, -0.25) is 10.1 Å². The Bertz CT molecular complexity index is 890. The van der Waals surface area contributed by atoms with E-state index >= 15 is 0 Å². The molecule has 2 heterocycles. The Balaban J connectivity index is 2.01. The first kappa shape index (κ1) is 16.4. The molecule has 0 aliphatic heterocycles. The van der Waals surface area contributed by atoms with Crippen LogP contribution in [0.4, 0.5) is 28.1 Å². The van der Waals surface area contributed by atoms with Crippen LogP contribution >= 0.6 is 34.5 Å². The molecular formula is C13H8Cl2N6O2S. The lowest BCUT2D eigenvalue weighted by molar-refractivity contribution is -0.383. The van der Waals surface area contributed by atoms with Crippen molar-refractivity contribution in [2.75, 3.05) is 10.6 Å². The van der Waals surface area contributed by atoms with E-state index < -0.39 is 4.92 Å². The number of nitro groups is 1. The lowest BCUT2D eigenvalue weighted by Crippen LogP contribution is -2.05. The van der Waals surface area contributed by atoms with Gasteiger partial charge in [-0.1, -0.05) is 29.3 Å². The fourth-order valence-corrected chi connectivity index (χ4v) is 2.72. The molecule has 0 aliphatic rings. The first-order valence-corrected chi connectivity index (χ1v) is 8.06. The summed E-state index contributed by atoms with van der Waals surface area (Å²) >= 11 is 13.3. The van der Waals surface area contributed by atoms with Crippen LogP contribution in [0.5, 0.6) is 0 Å². The Morgan fingerprint density at radius 1 is 1.12 bits per heavy atom. The minimum Gasteiger partial charge on any atom is -0.333 e. The van der Waals surface area contributed by atoms with Gasteiger partial charge in [0, 0.05) is 11.6 Å². The van der Waals surface area contributed by atoms with Gasteiger partial charge in [0.15, 0.2) is 5.13 Å². The Hall–Kier alpha value is -2.49. The number of rotatable bonds is 5. The van der Waals surface area contributed by atoms with E-state index in [0.717, 1.165) is 0 Å². The highest BCUT2D eigenvalue weighted by Crippen LogP contribution is 2.36. The third kappa shape index (κ3) is 3.37. The summed E-state index contributed by atoms with van der Waals surface area (Å²) in [6, 6.07) is 4.91. The summed E-state index contributed by atoms with van der Waals surface area (Å²) in [5, 5.41) is 19.9. The highest BCUT2D eigenvalue weighted by atomic mass is 35.5. The number of thiazole rings is 1. The Morgan fingerprint density at radius 3 is 2.54 bits per heavy atom. The SMILES string of the molecule is O=[N+]([O-])c1c(Nc2nccs2)ncnc1Nc1cccc(Cl)c1Cl. The zero-order valence-corrected chi connectivity index (χ0v) is 14.1. The number of benzene rings is 1. The molecule has 3 rings (SSSR count). The van der Waals surface area contributed by atoms with Gasteiger partial charge < -0.3 is 10.6 Å². The molecule has 24 heavy (non-hydrogen) atoms. The number of hydrogen-bond acceptors (Lipinski definition) is 8. The van der Waals surface area contributed by atoms with Gasteiger partial charge in [-0.15, -0.1) is 11.3 Å². The van der Waals surface area contributed by atoms with Crippen molar-refractivity contribution < 1.29 is 4.92 Å². The molecule has 0 amide bonds. The summed E-state index contributed by atoms with van der Waals surface area (Å²) < 4.78 is 0. The van der Waals surface area contributed by atoms with Crippen LogP contribution < -0.4 is 10.6 Å². The van der Waals surface area contributed by atoms with Gasteiger partial charge in [-0.05, 0) is 12.1 Å². The zero-order valence-electron chi connectivity index (χ0n) is 11.7. The van der Waals surface area contributed by atoms with Crippen LogP contribution in [0.1, 0.15) is 0 Å². The van der Waals surface area contributed by atoms with E-state index in [0.29, 0.717) is 15.8 Å². The van der Waals surface area contributed by atoms with Crippen LogP contribution in [-0.4, -0.2) is 19.9 Å². The van der Waals surface area contributed by atoms with Gasteiger partial charge in [-0.2, -0.15) is 0 Å². The fraction of sp³-hybridized carbons (Fsp3) is 0. The van der Waals surface area contributed by atoms with Crippen molar-refractivity contribution in [3.8, 4) is 0 Å². The maximum absolute atomic E-state index is 11.5. The average molecular weight is 383 g/mol. The molecule has 0 unspecified atom stereocenters. The molecule has 1 aromatic carbocycles. The van der Waals surface area contributed by atoms with E-state index in [4.69, 9.17) is 23.2 Å². The molecule has 0 fully saturated rings. The standard InChI is InChI=1S/C13H8Cl2N6O2S/c14-7-2-1-3-8(9(7)15)19-11-10(21(22)23)12(18-6-17-11)20-13-16-4-5-24-13/h1-6H,(H2,16,17,18,19,20). The summed E-state index contributed by atoms with van der Waals surface area (Å²) in [5.74, 6) is 0.00354. The molecule has 2 aromatic heterocycles. The van der Waals surface area contributed by atoms with Crippen LogP contribution in [0.25, 0.3) is 0 Å². The molecule has 8 nitrogen and oxygen atoms in total. The van der Waals surface area contributed by atoms with Crippen LogP contribution in [0.3, 0.4) is 0 Å². The Labute approximate surface area is 149 Å². The second kappa shape index (κ2) is 6.95. The molecule has 122 valence electrons. The molecule has 0 saturated heterocycles. The highest BCUT2D eigenvalue weighted by Gasteiger charge is 2.24. The molecule has 2 N–H and O–H groups in total. The van der Waals surface area contributed by atoms with E-state index in [1.54, 1.807) is 29.8 Å². The Morgan fingerprint density at radius 2 is 1.88 bits per heavy atom. The van der Waals surface area contributed by atoms with Gasteiger partial charge >= 0.3 is 5.69 Å². The Kier molecular flexibility index (Phi) is 4.74. The molecule has 3 aromatic rings. The van der Waals surface area contributed by atoms with Crippen molar-refractivity contribution in [1.29, 1.82) is 0 Å². The van der Waals surface area contributed by atoms with Crippen molar-refractivity contribution >= 4 is 62.7 Å². The number of anilines is 4. The van der Waals surface area contributed by atoms with E-state index in [9.17, 15) is 10.1 Å². The van der Waals surface area contributed by atoms with Crippen molar-refractivity contribution in [2.45, 2.75) is 0 Å². The van der Waals surface area contributed by atoms with E-state index in [1.807, 2.05) is 0 Å².